The average molecular weight is 820 g/mol. The zero-order chi connectivity index (χ0) is 43.1. The van der Waals surface area contributed by atoms with Gasteiger partial charge in [-0.1, -0.05) is 0 Å². The molecule has 5 rings (SSSR count). The third kappa shape index (κ3) is 8.31. The molecule has 0 saturated carbocycles. The lowest BCUT2D eigenvalue weighted by atomic mass is 9.91. The van der Waals surface area contributed by atoms with Crippen molar-refractivity contribution in [3.8, 4) is 59.9 Å². The summed E-state index contributed by atoms with van der Waals surface area (Å²) in [7, 11) is 0. The van der Waals surface area contributed by atoms with Crippen LogP contribution in [0.4, 0.5) is 52.7 Å². The van der Waals surface area contributed by atoms with Crippen LogP contribution in [0, 0.1) is 68.0 Å². The topological polar surface area (TPSA) is 231 Å². The fourth-order valence-electron chi connectivity index (χ4n) is 5.40. The Bertz CT molecular complexity index is 2420. The van der Waals surface area contributed by atoms with Crippen molar-refractivity contribution in [2.75, 3.05) is 0 Å². The van der Waals surface area contributed by atoms with Gasteiger partial charge < -0.3 is 18.9 Å². The lowest BCUT2D eigenvalue weighted by Gasteiger charge is -2.14. The molecule has 0 bridgehead atoms. The maximum atomic E-state index is 13.2. The van der Waals surface area contributed by atoms with Crippen LogP contribution >= 0.6 is 0 Å². The Balaban J connectivity index is 1.91. The van der Waals surface area contributed by atoms with Crippen molar-refractivity contribution in [1.82, 2.24) is 19.9 Å². The molecule has 2 heterocycles. The number of ether oxygens (including phenoxy) is 4. The minimum atomic E-state index is -5.60. The Morgan fingerprint density at radius 3 is 0.897 bits per heavy atom. The predicted molar refractivity (Wildman–Crippen MR) is 158 cm³/mol. The van der Waals surface area contributed by atoms with Crippen LogP contribution < -0.4 is 18.9 Å². The fourth-order valence-corrected chi connectivity index (χ4v) is 5.40. The highest BCUT2D eigenvalue weighted by Gasteiger charge is 2.42. The van der Waals surface area contributed by atoms with Gasteiger partial charge in [0.25, 0.3) is 0 Å². The molecule has 2 aliphatic carbocycles. The number of benzene rings is 1. The molecule has 0 saturated heterocycles. The monoisotopic (exact) mass is 820 g/mol. The van der Waals surface area contributed by atoms with Gasteiger partial charge in [-0.2, -0.15) is 51.5 Å². The van der Waals surface area contributed by atoms with E-state index >= 15 is 0 Å². The molecule has 0 radical (unpaired) electrons. The molecule has 0 atom stereocenters. The van der Waals surface area contributed by atoms with Crippen LogP contribution in [0.1, 0.15) is 33.9 Å². The Morgan fingerprint density at radius 2 is 0.672 bits per heavy atom. The molecule has 2 aliphatic rings. The molecule has 290 valence electrons. The standard InChI is InChI=1S/C32H4F12N10O4/c33-29(34,35)55-19-3-20(56-30(36,37)38)52-27(51-19)25-17(9-49)13-1-14-16(2-15(13)23(25)11(5-45)6-46)24(12(7-47)8-48)26(18(14)10-50)28-53-21(57-31(39,40)41)4-22(54-28)58-32(42,43)44/h1-4H. The average Bonchev–Trinajstić information content (AvgIpc) is 3.57. The molecular formula is C32H4F12N10O4. The highest BCUT2D eigenvalue weighted by molar-refractivity contribution is 6.29. The van der Waals surface area contributed by atoms with Crippen LogP contribution in [-0.2, 0) is 0 Å². The molecule has 0 aliphatic heterocycles. The lowest BCUT2D eigenvalue weighted by molar-refractivity contribution is -0.280. The second kappa shape index (κ2) is 14.4. The van der Waals surface area contributed by atoms with Gasteiger partial charge in [0.2, 0.25) is 23.5 Å². The zero-order valence-corrected chi connectivity index (χ0v) is 27.0. The summed E-state index contributed by atoms with van der Waals surface area (Å²) in [4.78, 5) is 13.6. The fraction of sp³-hybridized carbons (Fsp3) is 0.125. The number of fused-ring (bicyclic) bond motifs is 2. The third-order valence-corrected chi connectivity index (χ3v) is 7.09. The number of hydrogen-bond donors (Lipinski definition) is 0. The van der Waals surface area contributed by atoms with E-state index in [1.807, 2.05) is 0 Å². The first-order valence-corrected chi connectivity index (χ1v) is 14.3. The van der Waals surface area contributed by atoms with Crippen molar-refractivity contribution < 1.29 is 71.6 Å². The summed E-state index contributed by atoms with van der Waals surface area (Å²) in [5.41, 5.74) is -9.14. The van der Waals surface area contributed by atoms with Gasteiger partial charge in [-0.15, -0.1) is 52.7 Å². The summed E-state index contributed by atoms with van der Waals surface area (Å²) in [6.45, 7) is 0. The van der Waals surface area contributed by atoms with Gasteiger partial charge in [-0.05, 0) is 23.3 Å². The summed E-state index contributed by atoms with van der Waals surface area (Å²) in [6, 6.07) is 10.2. The van der Waals surface area contributed by atoms with Gasteiger partial charge >= 0.3 is 25.4 Å². The first-order chi connectivity index (χ1) is 26.9. The van der Waals surface area contributed by atoms with Gasteiger partial charge in [-0.25, -0.2) is 0 Å². The van der Waals surface area contributed by atoms with Gasteiger partial charge in [0, 0.05) is 33.4 Å². The maximum Gasteiger partial charge on any atom is 0.574 e. The minimum absolute atomic E-state index is 0.0531. The molecule has 3 aromatic rings. The summed E-state index contributed by atoms with van der Waals surface area (Å²) in [6.07, 6.45) is -22.4. The van der Waals surface area contributed by atoms with Crippen molar-refractivity contribution in [2.24, 2.45) is 0 Å². The Labute approximate surface area is 311 Å². The molecule has 0 spiro atoms. The molecular weight excluding hydrogens is 816 g/mol. The molecule has 26 heteroatoms. The van der Waals surface area contributed by atoms with E-state index in [1.165, 1.54) is 24.3 Å². The number of halogens is 12. The van der Waals surface area contributed by atoms with Crippen LogP contribution in [0.3, 0.4) is 0 Å². The van der Waals surface area contributed by atoms with Gasteiger partial charge in [-0.3, -0.25) is 0 Å². The number of nitriles is 6. The Hall–Kier alpha value is -8.36. The third-order valence-electron chi connectivity index (χ3n) is 7.09. The number of aromatic nitrogens is 4. The Kier molecular flexibility index (Phi) is 10.1. The van der Waals surface area contributed by atoms with Crippen molar-refractivity contribution in [3.05, 3.63) is 69.3 Å². The van der Waals surface area contributed by atoms with E-state index in [0.29, 0.717) is 0 Å². The first kappa shape index (κ1) is 40.8. The predicted octanol–water partition coefficient (Wildman–Crippen LogP) is 7.36. The van der Waals surface area contributed by atoms with E-state index in [2.05, 4.69) is 38.9 Å². The highest BCUT2D eigenvalue weighted by atomic mass is 19.4. The Morgan fingerprint density at radius 1 is 0.414 bits per heavy atom. The largest absolute Gasteiger partial charge is 0.574 e. The quantitative estimate of drug-likeness (QED) is 0.175. The smallest absolute Gasteiger partial charge is 0.388 e. The normalized spacial score (nSPS) is 13.6. The SMILES string of the molecule is N#CC(C#N)=C1C(c2nc(OC(F)(F)F)cc(OC(F)(F)F)n2)=C(C#N)c2cc3c(cc21)C(=C(C#N)C#N)C(c1nc(OC(F)(F)F)cc(OC(F)(F)F)n1)=C3C#N. The minimum Gasteiger partial charge on any atom is -0.388 e. The molecule has 0 amide bonds. The van der Waals surface area contributed by atoms with E-state index < -0.39 is 127 Å². The maximum absolute atomic E-state index is 13.2. The van der Waals surface area contributed by atoms with Crippen LogP contribution in [0.2, 0.25) is 0 Å². The van der Waals surface area contributed by atoms with E-state index in [4.69, 9.17) is 0 Å². The van der Waals surface area contributed by atoms with Crippen LogP contribution in [0.25, 0.3) is 33.4 Å². The molecule has 0 fully saturated rings. The molecule has 0 unspecified atom stereocenters. The molecule has 0 N–H and O–H groups in total. The second-order valence-electron chi connectivity index (χ2n) is 10.5. The molecule has 14 nitrogen and oxygen atoms in total. The summed E-state index contributed by atoms with van der Waals surface area (Å²) >= 11 is 0. The lowest BCUT2D eigenvalue weighted by Crippen LogP contribution is -2.21. The number of rotatable bonds is 6. The van der Waals surface area contributed by atoms with Crippen molar-refractivity contribution in [3.63, 3.8) is 0 Å². The van der Waals surface area contributed by atoms with E-state index in [1.54, 1.807) is 12.1 Å². The first-order valence-electron chi connectivity index (χ1n) is 14.3. The van der Waals surface area contributed by atoms with E-state index in [9.17, 15) is 84.3 Å². The molecule has 58 heavy (non-hydrogen) atoms. The van der Waals surface area contributed by atoms with E-state index in [0.717, 1.165) is 12.1 Å². The number of allylic oxidation sites excluding steroid dienone is 8. The van der Waals surface area contributed by atoms with Crippen molar-refractivity contribution in [1.29, 1.82) is 31.6 Å². The molecule has 2 aromatic heterocycles. The van der Waals surface area contributed by atoms with Crippen LogP contribution in [0.5, 0.6) is 23.5 Å². The summed E-state index contributed by atoms with van der Waals surface area (Å²) in [5, 5.41) is 60.1. The highest BCUT2D eigenvalue weighted by Crippen LogP contribution is 2.54. The van der Waals surface area contributed by atoms with Gasteiger partial charge in [0.1, 0.15) is 47.6 Å². The van der Waals surface area contributed by atoms with Crippen molar-refractivity contribution in [2.45, 2.75) is 25.4 Å². The number of alkyl halides is 12. The number of nitrogens with zero attached hydrogens (tertiary/aromatic N) is 10. The summed E-state index contributed by atoms with van der Waals surface area (Å²) in [5.74, 6) is -9.12. The van der Waals surface area contributed by atoms with Gasteiger partial charge in [0.05, 0.1) is 23.3 Å². The van der Waals surface area contributed by atoms with Crippen LogP contribution in [0.15, 0.2) is 35.4 Å². The zero-order valence-electron chi connectivity index (χ0n) is 27.0. The van der Waals surface area contributed by atoms with E-state index in [-0.39, 0.29) is 12.1 Å². The number of hydrogen-bond acceptors (Lipinski definition) is 14. The summed E-state index contributed by atoms with van der Waals surface area (Å²) < 4.78 is 173. The molecule has 1 aromatic carbocycles. The second-order valence-corrected chi connectivity index (χ2v) is 10.5. The van der Waals surface area contributed by atoms with Crippen molar-refractivity contribution >= 4 is 33.4 Å². The van der Waals surface area contributed by atoms with Gasteiger partial charge in [0.15, 0.2) is 11.6 Å². The van der Waals surface area contributed by atoms with Crippen LogP contribution in [-0.4, -0.2) is 45.4 Å².